The molecule has 2 aliphatic heterocycles. The summed E-state index contributed by atoms with van der Waals surface area (Å²) in [7, 11) is 0. The Morgan fingerprint density at radius 2 is 1.82 bits per heavy atom. The molecule has 2 saturated heterocycles. The van der Waals surface area contributed by atoms with Crippen LogP contribution in [0.1, 0.15) is 47.8 Å². The van der Waals surface area contributed by atoms with Gasteiger partial charge in [0.1, 0.15) is 0 Å². The molecule has 8 nitrogen and oxygen atoms in total. The number of anilines is 2. The van der Waals surface area contributed by atoms with E-state index in [2.05, 4.69) is 62.8 Å². The number of likely N-dealkylation sites (tertiary alicyclic amines) is 1. The molecule has 0 unspecified atom stereocenters. The van der Waals surface area contributed by atoms with Crippen LogP contribution >= 0.6 is 11.6 Å². The molecular formula is C24H34ClN7O. The van der Waals surface area contributed by atoms with Gasteiger partial charge >= 0.3 is 0 Å². The fraction of sp³-hybridized carbons (Fsp3) is 0.542. The highest BCUT2D eigenvalue weighted by Gasteiger charge is 2.34. The van der Waals surface area contributed by atoms with Crippen molar-refractivity contribution in [1.29, 1.82) is 0 Å². The number of nitrogen functional groups attached to an aromatic ring is 1. The molecular weight excluding hydrogens is 438 g/mol. The lowest BCUT2D eigenvalue weighted by atomic mass is 9.98. The van der Waals surface area contributed by atoms with Crippen molar-refractivity contribution in [2.45, 2.75) is 51.7 Å². The van der Waals surface area contributed by atoms with Crippen molar-refractivity contribution in [3.8, 4) is 0 Å². The van der Waals surface area contributed by atoms with Crippen LogP contribution in [0.15, 0.2) is 24.3 Å². The maximum atomic E-state index is 11.5. The Balaban J connectivity index is 1.36. The minimum absolute atomic E-state index is 0.0262. The van der Waals surface area contributed by atoms with E-state index in [1.54, 1.807) is 0 Å². The number of amides is 1. The largest absolute Gasteiger partial charge is 0.382 e. The lowest BCUT2D eigenvalue weighted by molar-refractivity contribution is 0.0610. The Bertz CT molecular complexity index is 976. The second-order valence-electron chi connectivity index (χ2n) is 9.17. The van der Waals surface area contributed by atoms with Crippen molar-refractivity contribution in [2.24, 2.45) is 5.73 Å². The number of aromatic nitrogens is 2. The van der Waals surface area contributed by atoms with Crippen LogP contribution in [0, 0.1) is 6.92 Å². The van der Waals surface area contributed by atoms with Gasteiger partial charge in [-0.25, -0.2) is 9.97 Å². The second kappa shape index (κ2) is 10.2. The first-order valence-electron chi connectivity index (χ1n) is 11.8. The minimum Gasteiger partial charge on any atom is -0.382 e. The van der Waals surface area contributed by atoms with E-state index >= 15 is 0 Å². The highest BCUT2D eigenvalue weighted by molar-refractivity contribution is 6.32. The standard InChI is InChI=1S/C24H34ClN7O/c1-3-18-15-31(24-21(25)28-20(23(27)33)22(26)29-24)12-13-32(18)19-8-10-30(11-9-19)14-17-6-4-16(2)5-7-17/h4-7,18-19H,3,8-15H2,1-2H3,(H2,26,29)(H2,27,33)/t18-/m0/s1. The van der Waals surface area contributed by atoms with Crippen molar-refractivity contribution in [2.75, 3.05) is 43.4 Å². The monoisotopic (exact) mass is 471 g/mol. The van der Waals surface area contributed by atoms with Crippen molar-refractivity contribution < 1.29 is 4.79 Å². The zero-order chi connectivity index (χ0) is 23.5. The number of halogens is 1. The van der Waals surface area contributed by atoms with Gasteiger partial charge in [-0.3, -0.25) is 14.6 Å². The first-order valence-corrected chi connectivity index (χ1v) is 12.1. The number of hydrogen-bond acceptors (Lipinski definition) is 7. The third-order valence-electron chi connectivity index (χ3n) is 6.95. The van der Waals surface area contributed by atoms with E-state index in [0.29, 0.717) is 17.9 Å². The average molecular weight is 472 g/mol. The molecule has 0 radical (unpaired) electrons. The molecule has 9 heteroatoms. The highest BCUT2D eigenvalue weighted by Crippen LogP contribution is 2.29. The Kier molecular flexibility index (Phi) is 7.36. The van der Waals surface area contributed by atoms with Crippen LogP contribution in [-0.4, -0.2) is 70.5 Å². The second-order valence-corrected chi connectivity index (χ2v) is 9.53. The topological polar surface area (TPSA) is 105 Å². The summed E-state index contributed by atoms with van der Waals surface area (Å²) in [5, 5.41) is 0.172. The molecule has 0 spiro atoms. The number of piperazine rings is 1. The van der Waals surface area contributed by atoms with E-state index in [9.17, 15) is 4.79 Å². The smallest absolute Gasteiger partial charge is 0.271 e. The number of carbonyl (C=O) groups is 1. The summed E-state index contributed by atoms with van der Waals surface area (Å²) in [5.41, 5.74) is 13.8. The van der Waals surface area contributed by atoms with E-state index in [-0.39, 0.29) is 16.7 Å². The van der Waals surface area contributed by atoms with Crippen molar-refractivity contribution in [1.82, 2.24) is 19.8 Å². The van der Waals surface area contributed by atoms with E-state index in [1.165, 1.54) is 24.0 Å². The summed E-state index contributed by atoms with van der Waals surface area (Å²) < 4.78 is 0. The Morgan fingerprint density at radius 1 is 1.12 bits per heavy atom. The zero-order valence-electron chi connectivity index (χ0n) is 19.5. The molecule has 1 atom stereocenters. The van der Waals surface area contributed by atoms with Crippen LogP contribution in [0.3, 0.4) is 0 Å². The summed E-state index contributed by atoms with van der Waals surface area (Å²) in [5.74, 6) is -0.165. The van der Waals surface area contributed by atoms with Crippen LogP contribution in [0.5, 0.6) is 0 Å². The summed E-state index contributed by atoms with van der Waals surface area (Å²) in [6.07, 6.45) is 3.41. The van der Waals surface area contributed by atoms with Gasteiger partial charge < -0.3 is 16.4 Å². The maximum absolute atomic E-state index is 11.5. The van der Waals surface area contributed by atoms with Crippen LogP contribution in [0.4, 0.5) is 11.6 Å². The zero-order valence-corrected chi connectivity index (χ0v) is 20.3. The number of rotatable bonds is 6. The van der Waals surface area contributed by atoms with E-state index in [4.69, 9.17) is 23.1 Å². The number of nitrogens with zero attached hydrogens (tertiary/aromatic N) is 5. The van der Waals surface area contributed by atoms with Gasteiger partial charge in [0.25, 0.3) is 5.91 Å². The van der Waals surface area contributed by atoms with Gasteiger partial charge in [-0.05, 0) is 44.8 Å². The molecule has 0 saturated carbocycles. The van der Waals surface area contributed by atoms with Gasteiger partial charge in [0, 0.05) is 38.3 Å². The number of primary amides is 1. The summed E-state index contributed by atoms with van der Waals surface area (Å²) in [4.78, 5) is 27.3. The van der Waals surface area contributed by atoms with Gasteiger partial charge in [-0.2, -0.15) is 0 Å². The lowest BCUT2D eigenvalue weighted by Crippen LogP contribution is -2.58. The molecule has 4 N–H and O–H groups in total. The number of benzene rings is 1. The van der Waals surface area contributed by atoms with Crippen LogP contribution < -0.4 is 16.4 Å². The molecule has 4 rings (SSSR count). The lowest BCUT2D eigenvalue weighted by Gasteiger charge is -2.47. The van der Waals surface area contributed by atoms with E-state index in [0.717, 1.165) is 45.7 Å². The molecule has 3 heterocycles. The summed E-state index contributed by atoms with van der Waals surface area (Å²) in [6, 6.07) is 9.87. The van der Waals surface area contributed by atoms with Gasteiger partial charge in [-0.15, -0.1) is 0 Å². The summed E-state index contributed by atoms with van der Waals surface area (Å²) in [6.45, 7) is 10.2. The molecule has 2 aromatic rings. The Hall–Kier alpha value is -2.42. The Morgan fingerprint density at radius 3 is 2.45 bits per heavy atom. The minimum atomic E-state index is -0.724. The maximum Gasteiger partial charge on any atom is 0.271 e. The van der Waals surface area contributed by atoms with Crippen LogP contribution in [-0.2, 0) is 6.54 Å². The fourth-order valence-corrected chi connectivity index (χ4v) is 5.31. The van der Waals surface area contributed by atoms with E-state index in [1.807, 2.05) is 0 Å². The highest BCUT2D eigenvalue weighted by atomic mass is 35.5. The molecule has 0 bridgehead atoms. The van der Waals surface area contributed by atoms with Gasteiger partial charge in [0.05, 0.1) is 0 Å². The van der Waals surface area contributed by atoms with Crippen molar-refractivity contribution >= 4 is 29.1 Å². The van der Waals surface area contributed by atoms with Crippen molar-refractivity contribution in [3.05, 3.63) is 46.2 Å². The fourth-order valence-electron chi connectivity index (χ4n) is 5.07. The predicted octanol–water partition coefficient (Wildman–Crippen LogP) is 2.68. The molecule has 1 aromatic heterocycles. The average Bonchev–Trinajstić information content (AvgIpc) is 2.82. The molecule has 1 aromatic carbocycles. The van der Waals surface area contributed by atoms with Crippen LogP contribution in [0.2, 0.25) is 5.15 Å². The number of carbonyl (C=O) groups excluding carboxylic acids is 1. The molecule has 2 aliphatic rings. The number of nitrogens with two attached hydrogens (primary N) is 2. The molecule has 2 fully saturated rings. The third-order valence-corrected chi connectivity index (χ3v) is 7.20. The van der Waals surface area contributed by atoms with Gasteiger partial charge in [0.2, 0.25) is 0 Å². The van der Waals surface area contributed by atoms with Crippen LogP contribution in [0.25, 0.3) is 0 Å². The van der Waals surface area contributed by atoms with Gasteiger partial charge in [0.15, 0.2) is 22.5 Å². The Labute approximate surface area is 200 Å². The number of hydrogen-bond donors (Lipinski definition) is 2. The van der Waals surface area contributed by atoms with E-state index < -0.39 is 5.91 Å². The SMILES string of the molecule is CC[C@H]1CN(c2nc(N)c(C(N)=O)nc2Cl)CCN1C1CCN(Cc2ccc(C)cc2)CC1. The number of piperidine rings is 1. The molecule has 33 heavy (non-hydrogen) atoms. The summed E-state index contributed by atoms with van der Waals surface area (Å²) >= 11 is 6.35. The first kappa shape index (κ1) is 23.7. The predicted molar refractivity (Wildman–Crippen MR) is 132 cm³/mol. The quantitative estimate of drug-likeness (QED) is 0.667. The normalized spacial score (nSPS) is 20.8. The third kappa shape index (κ3) is 5.39. The first-order chi connectivity index (χ1) is 15.9. The van der Waals surface area contributed by atoms with Crippen molar-refractivity contribution in [3.63, 3.8) is 0 Å². The van der Waals surface area contributed by atoms with Gasteiger partial charge in [-0.1, -0.05) is 48.4 Å². The molecule has 1 amide bonds. The molecule has 178 valence electrons. The molecule has 0 aliphatic carbocycles. The number of aryl methyl sites for hydroxylation is 1.